The number of H-pyrrole nitrogens is 1. The highest BCUT2D eigenvalue weighted by atomic mass is 16.6. The third kappa shape index (κ3) is 2.23. The van der Waals surface area contributed by atoms with E-state index in [0.29, 0.717) is 24.9 Å². The van der Waals surface area contributed by atoms with E-state index >= 15 is 0 Å². The van der Waals surface area contributed by atoms with Crippen LogP contribution in [0.1, 0.15) is 13.8 Å². The first-order valence-corrected chi connectivity index (χ1v) is 5.17. The van der Waals surface area contributed by atoms with Gasteiger partial charge in [-0.1, -0.05) is 0 Å². The average molecular weight is 227 g/mol. The molecule has 0 unspecified atom stereocenters. The van der Waals surface area contributed by atoms with Crippen molar-refractivity contribution in [3.05, 3.63) is 10.1 Å². The quantitative estimate of drug-likeness (QED) is 0.604. The van der Waals surface area contributed by atoms with Crippen LogP contribution in [-0.2, 0) is 0 Å². The maximum atomic E-state index is 10.9. The van der Waals surface area contributed by atoms with Crippen LogP contribution in [0, 0.1) is 10.1 Å². The van der Waals surface area contributed by atoms with Crippen molar-refractivity contribution >= 4 is 17.6 Å². The molecule has 0 atom stereocenters. The van der Waals surface area contributed by atoms with Gasteiger partial charge in [-0.15, -0.1) is 0 Å². The number of nitro groups is 1. The molecule has 90 valence electrons. The second-order valence-electron chi connectivity index (χ2n) is 3.56. The summed E-state index contributed by atoms with van der Waals surface area (Å²) in [6, 6.07) is 0. The van der Waals surface area contributed by atoms with Crippen LogP contribution in [0.25, 0.3) is 0 Å². The highest BCUT2D eigenvalue weighted by molar-refractivity contribution is 5.59. The molecule has 0 aromatic carbocycles. The molecule has 0 radical (unpaired) electrons. The molecule has 0 saturated heterocycles. The van der Waals surface area contributed by atoms with E-state index in [1.54, 1.807) is 19.0 Å². The lowest BCUT2D eigenvalue weighted by Crippen LogP contribution is -2.23. The summed E-state index contributed by atoms with van der Waals surface area (Å²) in [5.41, 5.74) is 0. The Morgan fingerprint density at radius 2 is 1.94 bits per heavy atom. The van der Waals surface area contributed by atoms with Gasteiger partial charge < -0.3 is 19.9 Å². The number of hydrogen-bond acceptors (Lipinski definition) is 5. The lowest BCUT2D eigenvalue weighted by Gasteiger charge is -2.16. The van der Waals surface area contributed by atoms with Gasteiger partial charge in [-0.3, -0.25) is 0 Å². The van der Waals surface area contributed by atoms with Crippen molar-refractivity contribution in [2.75, 3.05) is 37.0 Å². The van der Waals surface area contributed by atoms with Crippen molar-refractivity contribution in [2.24, 2.45) is 0 Å². The molecular formula is C9H17N5O2. The van der Waals surface area contributed by atoms with Crippen molar-refractivity contribution < 1.29 is 4.92 Å². The van der Waals surface area contributed by atoms with Gasteiger partial charge in [-0.2, -0.15) is 4.98 Å². The van der Waals surface area contributed by atoms with Crippen LogP contribution < -0.4 is 9.80 Å². The van der Waals surface area contributed by atoms with Gasteiger partial charge in [0.15, 0.2) is 0 Å². The Kier molecular flexibility index (Phi) is 3.70. The molecule has 0 aliphatic heterocycles. The fraction of sp³-hybridized carbons (Fsp3) is 0.667. The number of rotatable bonds is 5. The topological polar surface area (TPSA) is 78.3 Å². The van der Waals surface area contributed by atoms with Gasteiger partial charge in [0.2, 0.25) is 5.82 Å². The molecule has 0 spiro atoms. The summed E-state index contributed by atoms with van der Waals surface area (Å²) in [6.07, 6.45) is 0. The Morgan fingerprint density at radius 3 is 2.31 bits per heavy atom. The van der Waals surface area contributed by atoms with Gasteiger partial charge in [-0.05, 0) is 18.8 Å². The Morgan fingerprint density at radius 1 is 1.38 bits per heavy atom. The molecule has 1 rings (SSSR count). The van der Waals surface area contributed by atoms with E-state index < -0.39 is 4.92 Å². The SMILES string of the molecule is CCN(CC)c1nc(N(C)C)[nH]c1[N+](=O)[O-]. The van der Waals surface area contributed by atoms with Gasteiger partial charge >= 0.3 is 5.82 Å². The van der Waals surface area contributed by atoms with Crippen LogP contribution in [0.2, 0.25) is 0 Å². The molecule has 7 heteroatoms. The monoisotopic (exact) mass is 227 g/mol. The van der Waals surface area contributed by atoms with E-state index in [4.69, 9.17) is 0 Å². The average Bonchev–Trinajstić information content (AvgIpc) is 2.64. The van der Waals surface area contributed by atoms with Gasteiger partial charge in [0.1, 0.15) is 0 Å². The first kappa shape index (κ1) is 12.3. The Hall–Kier alpha value is -1.79. The lowest BCUT2D eigenvalue weighted by molar-refractivity contribution is -0.388. The Bertz CT molecular complexity index is 370. The van der Waals surface area contributed by atoms with Crippen molar-refractivity contribution in [3.63, 3.8) is 0 Å². The second kappa shape index (κ2) is 4.82. The maximum absolute atomic E-state index is 10.9. The number of aromatic nitrogens is 2. The maximum Gasteiger partial charge on any atom is 0.366 e. The van der Waals surface area contributed by atoms with Gasteiger partial charge in [0.05, 0.1) is 0 Å². The summed E-state index contributed by atoms with van der Waals surface area (Å²) in [5.74, 6) is 0.847. The van der Waals surface area contributed by atoms with Crippen LogP contribution in [-0.4, -0.2) is 42.1 Å². The molecule has 16 heavy (non-hydrogen) atoms. The third-order valence-electron chi connectivity index (χ3n) is 2.32. The molecule has 0 amide bonds. The number of nitrogens with zero attached hydrogens (tertiary/aromatic N) is 4. The van der Waals surface area contributed by atoms with Crippen molar-refractivity contribution in [3.8, 4) is 0 Å². The molecular weight excluding hydrogens is 210 g/mol. The fourth-order valence-electron chi connectivity index (χ4n) is 1.43. The van der Waals surface area contributed by atoms with E-state index in [-0.39, 0.29) is 5.82 Å². The predicted octanol–water partition coefficient (Wildman–Crippen LogP) is 1.23. The molecule has 0 bridgehead atoms. The fourth-order valence-corrected chi connectivity index (χ4v) is 1.43. The first-order valence-electron chi connectivity index (χ1n) is 5.17. The normalized spacial score (nSPS) is 10.2. The molecule has 0 fully saturated rings. The van der Waals surface area contributed by atoms with Gasteiger partial charge in [0, 0.05) is 27.2 Å². The molecule has 1 aromatic rings. The largest absolute Gasteiger partial charge is 0.366 e. The van der Waals surface area contributed by atoms with E-state index in [1.807, 2.05) is 18.7 Å². The molecule has 0 aliphatic rings. The van der Waals surface area contributed by atoms with Gasteiger partial charge in [0.25, 0.3) is 5.95 Å². The zero-order chi connectivity index (χ0) is 12.3. The highest BCUT2D eigenvalue weighted by Crippen LogP contribution is 2.27. The predicted molar refractivity (Wildman–Crippen MR) is 63.1 cm³/mol. The van der Waals surface area contributed by atoms with Crippen LogP contribution in [0.5, 0.6) is 0 Å². The Labute approximate surface area is 94.2 Å². The number of imidazole rings is 1. The molecule has 7 nitrogen and oxygen atoms in total. The zero-order valence-corrected chi connectivity index (χ0v) is 10.0. The van der Waals surface area contributed by atoms with Gasteiger partial charge in [-0.25, -0.2) is 4.98 Å². The molecule has 1 heterocycles. The third-order valence-corrected chi connectivity index (χ3v) is 2.32. The highest BCUT2D eigenvalue weighted by Gasteiger charge is 2.24. The second-order valence-corrected chi connectivity index (χ2v) is 3.56. The number of nitrogens with one attached hydrogen (secondary N) is 1. The first-order chi connectivity index (χ1) is 7.51. The smallest absolute Gasteiger partial charge is 0.358 e. The standard InChI is InChI=1S/C9H17N5O2/c1-5-13(6-2)7-8(14(15)16)11-9(10-7)12(3)4/h5-6H2,1-4H3,(H,10,11). The summed E-state index contributed by atoms with van der Waals surface area (Å²) in [7, 11) is 3.57. The summed E-state index contributed by atoms with van der Waals surface area (Å²) in [4.78, 5) is 20.9. The Balaban J connectivity index is 3.19. The number of aromatic amines is 1. The van der Waals surface area contributed by atoms with Crippen LogP contribution in [0.15, 0.2) is 0 Å². The minimum absolute atomic E-state index is 0.0487. The van der Waals surface area contributed by atoms with E-state index in [9.17, 15) is 10.1 Å². The zero-order valence-electron chi connectivity index (χ0n) is 10.0. The minimum Gasteiger partial charge on any atom is -0.358 e. The summed E-state index contributed by atoms with van der Waals surface area (Å²) < 4.78 is 0. The van der Waals surface area contributed by atoms with Crippen molar-refractivity contribution in [2.45, 2.75) is 13.8 Å². The lowest BCUT2D eigenvalue weighted by atomic mass is 10.5. The van der Waals surface area contributed by atoms with Crippen LogP contribution >= 0.6 is 0 Å². The van der Waals surface area contributed by atoms with E-state index in [1.165, 1.54) is 0 Å². The van der Waals surface area contributed by atoms with Crippen LogP contribution in [0.4, 0.5) is 17.6 Å². The van der Waals surface area contributed by atoms with Crippen molar-refractivity contribution in [1.29, 1.82) is 0 Å². The van der Waals surface area contributed by atoms with E-state index in [0.717, 1.165) is 0 Å². The molecule has 1 aromatic heterocycles. The number of anilines is 2. The molecule has 0 saturated carbocycles. The van der Waals surface area contributed by atoms with Crippen LogP contribution in [0.3, 0.4) is 0 Å². The molecule has 0 aliphatic carbocycles. The summed E-state index contributed by atoms with van der Waals surface area (Å²) >= 11 is 0. The minimum atomic E-state index is -0.437. The van der Waals surface area contributed by atoms with Crippen molar-refractivity contribution in [1.82, 2.24) is 9.97 Å². The van der Waals surface area contributed by atoms with E-state index in [2.05, 4.69) is 9.97 Å². The summed E-state index contributed by atoms with van der Waals surface area (Å²) in [6.45, 7) is 5.26. The summed E-state index contributed by atoms with van der Waals surface area (Å²) in [5, 5.41) is 10.9. The molecule has 1 N–H and O–H groups in total. The number of hydrogen-bond donors (Lipinski definition) is 1.